The zero-order valence-electron chi connectivity index (χ0n) is 11.6. The van der Waals surface area contributed by atoms with E-state index in [2.05, 4.69) is 5.32 Å². The maximum absolute atomic E-state index is 13.7. The number of carbonyl (C=O) groups excluding carboxylic acids is 1. The molecule has 0 fully saturated rings. The molecule has 2 aromatic rings. The molecule has 2 rings (SSSR count). The monoisotopic (exact) mass is 290 g/mol. The van der Waals surface area contributed by atoms with Gasteiger partial charge in [-0.25, -0.2) is 4.39 Å². The van der Waals surface area contributed by atoms with Gasteiger partial charge in [-0.15, -0.1) is 0 Å². The Balaban J connectivity index is 2.35. The maximum Gasteiger partial charge on any atom is 0.261 e. The first kappa shape index (κ1) is 14.6. The molecule has 0 aromatic heterocycles. The number of anilines is 2. The molecule has 3 N–H and O–H groups in total. The summed E-state index contributed by atoms with van der Waals surface area (Å²) in [7, 11) is 2.88. The van der Waals surface area contributed by atoms with Crippen LogP contribution in [-0.4, -0.2) is 20.1 Å². The number of amides is 1. The Morgan fingerprint density at radius 2 is 1.95 bits per heavy atom. The summed E-state index contributed by atoms with van der Waals surface area (Å²) in [5.41, 5.74) is 6.19. The number of hydrogen-bond acceptors (Lipinski definition) is 4. The smallest absolute Gasteiger partial charge is 0.261 e. The molecule has 0 heterocycles. The molecule has 0 atom stereocenters. The molecule has 6 heteroatoms. The van der Waals surface area contributed by atoms with Gasteiger partial charge in [-0.1, -0.05) is 6.07 Å². The molecule has 0 radical (unpaired) electrons. The van der Waals surface area contributed by atoms with Crippen LogP contribution in [0.15, 0.2) is 36.4 Å². The van der Waals surface area contributed by atoms with Crippen LogP contribution in [0.25, 0.3) is 0 Å². The Bertz CT molecular complexity index is 674. The van der Waals surface area contributed by atoms with E-state index in [0.717, 1.165) is 0 Å². The first-order valence-electron chi connectivity index (χ1n) is 6.14. The number of rotatable bonds is 4. The van der Waals surface area contributed by atoms with Crippen molar-refractivity contribution in [2.24, 2.45) is 0 Å². The predicted octanol–water partition coefficient (Wildman–Crippen LogP) is 2.68. The quantitative estimate of drug-likeness (QED) is 0.849. The van der Waals surface area contributed by atoms with E-state index in [1.54, 1.807) is 18.2 Å². The van der Waals surface area contributed by atoms with E-state index in [9.17, 15) is 9.18 Å². The lowest BCUT2D eigenvalue weighted by atomic mass is 10.1. The fraction of sp³-hybridized carbons (Fsp3) is 0.133. The average Bonchev–Trinajstić information content (AvgIpc) is 2.48. The van der Waals surface area contributed by atoms with Crippen LogP contribution in [0.5, 0.6) is 11.5 Å². The van der Waals surface area contributed by atoms with Crippen LogP contribution >= 0.6 is 0 Å². The number of nitrogens with two attached hydrogens (primary N) is 1. The van der Waals surface area contributed by atoms with Gasteiger partial charge < -0.3 is 20.5 Å². The Labute approximate surface area is 121 Å². The van der Waals surface area contributed by atoms with Gasteiger partial charge in [0, 0.05) is 11.8 Å². The maximum atomic E-state index is 13.7. The van der Waals surface area contributed by atoms with Crippen LogP contribution < -0.4 is 20.5 Å². The van der Waals surface area contributed by atoms with E-state index in [-0.39, 0.29) is 16.9 Å². The summed E-state index contributed by atoms with van der Waals surface area (Å²) in [6.07, 6.45) is 0. The van der Waals surface area contributed by atoms with Gasteiger partial charge in [0.15, 0.2) is 0 Å². The van der Waals surface area contributed by atoms with Crippen molar-refractivity contribution in [2.45, 2.75) is 0 Å². The molecule has 21 heavy (non-hydrogen) atoms. The topological polar surface area (TPSA) is 73.6 Å². The van der Waals surface area contributed by atoms with Crippen molar-refractivity contribution in [3.63, 3.8) is 0 Å². The Morgan fingerprint density at radius 1 is 1.19 bits per heavy atom. The molecule has 0 saturated heterocycles. The van der Waals surface area contributed by atoms with Gasteiger partial charge in [0.1, 0.15) is 22.9 Å². The van der Waals surface area contributed by atoms with Crippen LogP contribution in [0.3, 0.4) is 0 Å². The molecule has 5 nitrogen and oxygen atoms in total. The first-order chi connectivity index (χ1) is 10.1. The van der Waals surface area contributed by atoms with Crippen molar-refractivity contribution in [3.8, 4) is 11.5 Å². The fourth-order valence-corrected chi connectivity index (χ4v) is 1.87. The van der Waals surface area contributed by atoms with E-state index < -0.39 is 11.7 Å². The molecular weight excluding hydrogens is 275 g/mol. The molecule has 110 valence electrons. The van der Waals surface area contributed by atoms with Crippen LogP contribution in [0.1, 0.15) is 10.4 Å². The third-order valence-electron chi connectivity index (χ3n) is 2.93. The van der Waals surface area contributed by atoms with Gasteiger partial charge in [-0.2, -0.15) is 0 Å². The third-order valence-corrected chi connectivity index (χ3v) is 2.93. The van der Waals surface area contributed by atoms with Gasteiger partial charge >= 0.3 is 0 Å². The van der Waals surface area contributed by atoms with Crippen molar-refractivity contribution >= 4 is 17.3 Å². The van der Waals surface area contributed by atoms with Crippen LogP contribution in [-0.2, 0) is 0 Å². The van der Waals surface area contributed by atoms with Crippen LogP contribution in [0, 0.1) is 5.82 Å². The molecule has 0 aliphatic rings. The number of ether oxygens (including phenoxy) is 2. The minimum atomic E-state index is -0.572. The van der Waals surface area contributed by atoms with Crippen molar-refractivity contribution in [1.29, 1.82) is 0 Å². The molecule has 1 amide bonds. The van der Waals surface area contributed by atoms with Gasteiger partial charge in [-0.3, -0.25) is 4.79 Å². The van der Waals surface area contributed by atoms with Crippen LogP contribution in [0.2, 0.25) is 0 Å². The molecular formula is C15H15FN2O3. The second kappa shape index (κ2) is 6.13. The summed E-state index contributed by atoms with van der Waals surface area (Å²) in [4.78, 5) is 12.3. The van der Waals surface area contributed by atoms with E-state index in [0.29, 0.717) is 11.5 Å². The zero-order chi connectivity index (χ0) is 15.4. The van der Waals surface area contributed by atoms with E-state index >= 15 is 0 Å². The number of benzene rings is 2. The third kappa shape index (κ3) is 3.05. The minimum absolute atomic E-state index is 0.00431. The highest BCUT2D eigenvalue weighted by molar-refractivity contribution is 6.09. The lowest BCUT2D eigenvalue weighted by Gasteiger charge is -2.12. The average molecular weight is 290 g/mol. The van der Waals surface area contributed by atoms with Gasteiger partial charge in [0.2, 0.25) is 0 Å². The van der Waals surface area contributed by atoms with Gasteiger partial charge in [-0.05, 0) is 24.3 Å². The Kier molecular flexibility index (Phi) is 4.27. The highest BCUT2D eigenvalue weighted by atomic mass is 19.1. The van der Waals surface area contributed by atoms with Crippen molar-refractivity contribution in [3.05, 3.63) is 47.8 Å². The summed E-state index contributed by atoms with van der Waals surface area (Å²) >= 11 is 0. The fourth-order valence-electron chi connectivity index (χ4n) is 1.87. The second-order valence-corrected chi connectivity index (χ2v) is 4.22. The summed E-state index contributed by atoms with van der Waals surface area (Å²) in [6.45, 7) is 0. The molecule has 0 spiro atoms. The lowest BCUT2D eigenvalue weighted by Crippen LogP contribution is -2.16. The summed E-state index contributed by atoms with van der Waals surface area (Å²) < 4.78 is 23.8. The largest absolute Gasteiger partial charge is 0.497 e. The highest BCUT2D eigenvalue weighted by Crippen LogP contribution is 2.27. The first-order valence-corrected chi connectivity index (χ1v) is 6.14. The normalized spacial score (nSPS) is 10.0. The molecule has 2 aromatic carbocycles. The minimum Gasteiger partial charge on any atom is -0.497 e. The van der Waals surface area contributed by atoms with Crippen molar-refractivity contribution in [1.82, 2.24) is 0 Å². The van der Waals surface area contributed by atoms with E-state index in [4.69, 9.17) is 15.2 Å². The van der Waals surface area contributed by atoms with E-state index in [1.807, 2.05) is 0 Å². The van der Waals surface area contributed by atoms with Crippen LogP contribution in [0.4, 0.5) is 15.8 Å². The summed E-state index contributed by atoms with van der Waals surface area (Å²) in [5, 5.41) is 2.46. The Morgan fingerprint density at radius 3 is 2.62 bits per heavy atom. The molecule has 0 aliphatic carbocycles. The number of carbonyl (C=O) groups is 1. The molecule has 0 saturated carbocycles. The number of nitrogen functional groups attached to an aromatic ring is 1. The molecule has 0 aliphatic heterocycles. The van der Waals surface area contributed by atoms with E-state index in [1.165, 1.54) is 32.4 Å². The predicted molar refractivity (Wildman–Crippen MR) is 78.3 cm³/mol. The van der Waals surface area contributed by atoms with Gasteiger partial charge in [0.25, 0.3) is 5.91 Å². The molecule has 0 bridgehead atoms. The number of hydrogen-bond donors (Lipinski definition) is 2. The summed E-state index contributed by atoms with van der Waals surface area (Å²) in [5.74, 6) is -0.384. The zero-order valence-corrected chi connectivity index (χ0v) is 11.6. The Hall–Kier alpha value is -2.76. The number of halogens is 1. The number of methoxy groups -OCH3 is 2. The SMILES string of the molecule is COc1ccc(F)c(NC(=O)c2c(N)cccc2OC)c1. The lowest BCUT2D eigenvalue weighted by molar-refractivity contribution is 0.102. The highest BCUT2D eigenvalue weighted by Gasteiger charge is 2.17. The standard InChI is InChI=1S/C15H15FN2O3/c1-20-9-6-7-10(16)12(8-9)18-15(19)14-11(17)4-3-5-13(14)21-2/h3-8H,17H2,1-2H3,(H,18,19). The van der Waals surface area contributed by atoms with Crippen molar-refractivity contribution < 1.29 is 18.7 Å². The number of nitrogens with one attached hydrogen (secondary N) is 1. The second-order valence-electron chi connectivity index (χ2n) is 4.22. The van der Waals surface area contributed by atoms with Gasteiger partial charge in [0.05, 0.1) is 19.9 Å². The molecule has 0 unspecified atom stereocenters. The summed E-state index contributed by atoms with van der Waals surface area (Å²) in [6, 6.07) is 8.89. The van der Waals surface area contributed by atoms with Crippen molar-refractivity contribution in [2.75, 3.05) is 25.3 Å².